The second-order valence-corrected chi connectivity index (χ2v) is 8.63. The minimum absolute atomic E-state index is 0.0808. The molecule has 4 rings (SSSR count). The molecule has 3 heterocycles. The van der Waals surface area contributed by atoms with Crippen LogP contribution in [0.2, 0.25) is 10.0 Å². The highest BCUT2D eigenvalue weighted by Gasteiger charge is 2.28. The van der Waals surface area contributed by atoms with Crippen molar-refractivity contribution in [3.05, 3.63) is 65.1 Å². The lowest BCUT2D eigenvalue weighted by molar-refractivity contribution is 0.0859. The fourth-order valence-corrected chi connectivity index (χ4v) is 5.18. The lowest BCUT2D eigenvalue weighted by Crippen LogP contribution is -2.28. The molecule has 31 heavy (non-hydrogen) atoms. The van der Waals surface area contributed by atoms with Crippen LogP contribution >= 0.6 is 34.7 Å². The fourth-order valence-electron chi connectivity index (χ4n) is 3.30. The Morgan fingerprint density at radius 3 is 2.74 bits per heavy atom. The number of nitrogens with zero attached hydrogens (tertiary/aromatic N) is 3. The summed E-state index contributed by atoms with van der Waals surface area (Å²) < 4.78 is 27.3. The molecule has 0 saturated heterocycles. The van der Waals surface area contributed by atoms with Crippen LogP contribution in [0, 0.1) is 10.7 Å². The molecule has 0 bridgehead atoms. The van der Waals surface area contributed by atoms with E-state index in [2.05, 4.69) is 10.1 Å². The third kappa shape index (κ3) is 3.79. The summed E-state index contributed by atoms with van der Waals surface area (Å²) in [7, 11) is 0. The largest absolute Gasteiger partial charge is 0.504 e. The Balaban J connectivity index is 2.01. The van der Waals surface area contributed by atoms with Crippen molar-refractivity contribution in [2.75, 3.05) is 0 Å². The van der Waals surface area contributed by atoms with Gasteiger partial charge in [-0.15, -0.1) is 0 Å². The summed E-state index contributed by atoms with van der Waals surface area (Å²) >= 11 is 13.6. The van der Waals surface area contributed by atoms with E-state index in [0.717, 1.165) is 15.9 Å². The summed E-state index contributed by atoms with van der Waals surface area (Å²) in [4.78, 5) is 33.3. The lowest BCUT2D eigenvalue weighted by atomic mass is 10.0. The zero-order chi connectivity index (χ0) is 22.4. The highest BCUT2D eigenvalue weighted by Crippen LogP contribution is 2.45. The van der Waals surface area contributed by atoms with Crippen LogP contribution < -0.4 is 10.9 Å². The van der Waals surface area contributed by atoms with Crippen molar-refractivity contribution in [3.8, 4) is 16.2 Å². The summed E-state index contributed by atoms with van der Waals surface area (Å²) in [6, 6.07) is 3.05. The molecule has 0 fully saturated rings. The van der Waals surface area contributed by atoms with Crippen LogP contribution in [0.15, 0.2) is 33.1 Å². The summed E-state index contributed by atoms with van der Waals surface area (Å²) in [5.74, 6) is -0.461. The first-order valence-corrected chi connectivity index (χ1v) is 10.4. The van der Waals surface area contributed by atoms with E-state index in [0.29, 0.717) is 28.5 Å². The summed E-state index contributed by atoms with van der Waals surface area (Å²) in [5, 5.41) is 14.5. The first-order valence-electron chi connectivity index (χ1n) is 8.90. The van der Waals surface area contributed by atoms with Crippen molar-refractivity contribution in [1.82, 2.24) is 8.94 Å². The van der Waals surface area contributed by atoms with Crippen LogP contribution in [0.25, 0.3) is 10.4 Å². The average Bonchev–Trinajstić information content (AvgIpc) is 3.12. The molecule has 1 aromatic rings. The Morgan fingerprint density at radius 1 is 1.35 bits per heavy atom. The number of hydrogen-bond acceptors (Lipinski definition) is 7. The lowest BCUT2D eigenvalue weighted by Gasteiger charge is -2.17. The number of aromatic hydroxyl groups is 1. The van der Waals surface area contributed by atoms with Crippen molar-refractivity contribution in [3.63, 3.8) is 0 Å². The third-order valence-electron chi connectivity index (χ3n) is 4.68. The molecule has 0 radical (unpaired) electrons. The second-order valence-electron chi connectivity index (χ2n) is 6.82. The number of aromatic nitrogens is 2. The monoisotopic (exact) mass is 487 g/mol. The van der Waals surface area contributed by atoms with Crippen molar-refractivity contribution >= 4 is 40.4 Å². The van der Waals surface area contributed by atoms with Gasteiger partial charge >= 0.3 is 0 Å². The van der Waals surface area contributed by atoms with Crippen molar-refractivity contribution in [1.29, 1.82) is 0 Å². The molecule has 0 saturated carbocycles. The van der Waals surface area contributed by atoms with E-state index in [4.69, 9.17) is 28.0 Å². The van der Waals surface area contributed by atoms with Crippen LogP contribution in [-0.2, 0) is 11.4 Å². The normalized spacial score (nSPS) is 16.1. The molecule has 0 spiro atoms. The SMILES string of the molecule is CC1=NOC(c2c(Cl)ccc(-c3sn(CC(F)F)c4c(=O)c(=O)cnc=4c3O)c2Cl)C1. The van der Waals surface area contributed by atoms with E-state index in [1.807, 2.05) is 0 Å². The molecule has 0 aliphatic carbocycles. The van der Waals surface area contributed by atoms with Gasteiger partial charge in [0.05, 0.1) is 28.4 Å². The molecular formula is C19H13Cl2F2N3O4S. The number of halogens is 4. The molecule has 7 nitrogen and oxygen atoms in total. The topological polar surface area (TPSA) is 93.8 Å². The van der Waals surface area contributed by atoms with Crippen LogP contribution in [-0.4, -0.2) is 26.2 Å². The highest BCUT2D eigenvalue weighted by atomic mass is 35.5. The van der Waals surface area contributed by atoms with Crippen LogP contribution in [0.5, 0.6) is 5.75 Å². The smallest absolute Gasteiger partial charge is 0.257 e. The number of oxime groups is 1. The molecule has 162 valence electrons. The summed E-state index contributed by atoms with van der Waals surface area (Å²) in [6.07, 6.45) is -2.17. The number of alkyl halides is 2. The Bertz CT molecular complexity index is 1410. The first-order chi connectivity index (χ1) is 14.7. The van der Waals surface area contributed by atoms with Crippen molar-refractivity contribution in [2.45, 2.75) is 32.4 Å². The van der Waals surface area contributed by atoms with Gasteiger partial charge in [-0.25, -0.2) is 13.8 Å². The highest BCUT2D eigenvalue weighted by molar-refractivity contribution is 7.10. The summed E-state index contributed by atoms with van der Waals surface area (Å²) in [5.41, 5.74) is -0.536. The summed E-state index contributed by atoms with van der Waals surface area (Å²) in [6.45, 7) is 0.915. The molecule has 3 aliphatic rings. The van der Waals surface area contributed by atoms with Gasteiger partial charge in [-0.2, -0.15) is 0 Å². The Labute approximate surface area is 186 Å². The molecule has 1 aromatic carbocycles. The molecule has 0 aromatic heterocycles. The molecule has 1 unspecified atom stereocenters. The zero-order valence-corrected chi connectivity index (χ0v) is 18.1. The van der Waals surface area contributed by atoms with Gasteiger partial charge in [-0.3, -0.25) is 13.5 Å². The molecule has 0 amide bonds. The van der Waals surface area contributed by atoms with Gasteiger partial charge < -0.3 is 9.94 Å². The average molecular weight is 488 g/mol. The molecular weight excluding hydrogens is 475 g/mol. The van der Waals surface area contributed by atoms with E-state index in [9.17, 15) is 23.5 Å². The first kappa shape index (κ1) is 21.7. The van der Waals surface area contributed by atoms with Crippen LogP contribution in [0.3, 0.4) is 0 Å². The maximum absolute atomic E-state index is 13.2. The van der Waals surface area contributed by atoms with Gasteiger partial charge in [-0.1, -0.05) is 46.0 Å². The number of rotatable bonds is 4. The number of benzene rings is 1. The van der Waals surface area contributed by atoms with E-state index in [-0.39, 0.29) is 20.8 Å². The van der Waals surface area contributed by atoms with E-state index < -0.39 is 41.0 Å². The van der Waals surface area contributed by atoms with Crippen LogP contribution in [0.4, 0.5) is 8.78 Å². The Kier molecular flexibility index (Phi) is 5.71. The third-order valence-corrected chi connectivity index (χ3v) is 6.56. The van der Waals surface area contributed by atoms with E-state index in [1.165, 1.54) is 12.1 Å². The Hall–Kier alpha value is -2.56. The van der Waals surface area contributed by atoms with Gasteiger partial charge in [0.1, 0.15) is 10.7 Å². The minimum Gasteiger partial charge on any atom is -0.504 e. The van der Waals surface area contributed by atoms with Crippen molar-refractivity contribution < 1.29 is 18.7 Å². The van der Waals surface area contributed by atoms with Gasteiger partial charge in [0, 0.05) is 22.6 Å². The fraction of sp³-hybridized carbons (Fsp3) is 0.263. The molecule has 1 atom stereocenters. The second kappa shape index (κ2) is 8.18. The molecule has 3 aliphatic heterocycles. The van der Waals surface area contributed by atoms with Crippen molar-refractivity contribution in [2.24, 2.45) is 5.16 Å². The zero-order valence-electron chi connectivity index (χ0n) is 15.7. The van der Waals surface area contributed by atoms with E-state index in [1.54, 1.807) is 6.92 Å². The quantitative estimate of drug-likeness (QED) is 0.557. The van der Waals surface area contributed by atoms with E-state index >= 15 is 0 Å². The van der Waals surface area contributed by atoms with Gasteiger partial charge in [0.2, 0.25) is 5.43 Å². The minimum atomic E-state index is -2.82. The predicted octanol–water partition coefficient (Wildman–Crippen LogP) is 4.17. The maximum atomic E-state index is 13.2. The van der Waals surface area contributed by atoms with Gasteiger partial charge in [0.15, 0.2) is 11.9 Å². The standard InChI is InChI=1S/C19H13Cl2F2N3O4S/c1-7-4-11(30-25-7)13-9(20)3-2-8(14(13)21)19-18(29)15-16(17(28)10(27)5-24-15)26(31-19)6-12(22)23/h2-3,5,11-12,29H,4,6H2,1H3. The Morgan fingerprint density at radius 2 is 2.10 bits per heavy atom. The molecule has 12 heteroatoms. The number of hydrogen-bond donors (Lipinski definition) is 1. The van der Waals surface area contributed by atoms with Crippen LogP contribution in [0.1, 0.15) is 25.0 Å². The van der Waals surface area contributed by atoms with Gasteiger partial charge in [0.25, 0.3) is 11.9 Å². The molecule has 1 N–H and O–H groups in total. The maximum Gasteiger partial charge on any atom is 0.257 e. The predicted molar refractivity (Wildman–Crippen MR) is 113 cm³/mol. The van der Waals surface area contributed by atoms with Gasteiger partial charge in [-0.05, 0) is 13.0 Å².